The van der Waals surface area contributed by atoms with Crippen molar-refractivity contribution in [2.75, 3.05) is 6.61 Å². The topological polar surface area (TPSA) is 52.6 Å². The van der Waals surface area contributed by atoms with Gasteiger partial charge in [0.2, 0.25) is 0 Å². The van der Waals surface area contributed by atoms with Gasteiger partial charge in [-0.05, 0) is 107 Å². The molecule has 3 aliphatic rings. The summed E-state index contributed by atoms with van der Waals surface area (Å²) in [6.07, 6.45) is 18.9. The molecule has 0 radical (unpaired) electrons. The van der Waals surface area contributed by atoms with Crippen molar-refractivity contribution in [1.29, 1.82) is 0 Å². The third-order valence-corrected chi connectivity index (χ3v) is 11.1. The Hall–Kier alpha value is -1.06. The highest BCUT2D eigenvalue weighted by Crippen LogP contribution is 2.42. The lowest BCUT2D eigenvalue weighted by Crippen LogP contribution is -2.42. The van der Waals surface area contributed by atoms with Gasteiger partial charge in [-0.15, -0.1) is 0 Å². The molecule has 0 amide bonds. The lowest BCUT2D eigenvalue weighted by molar-refractivity contribution is -0.172. The molecule has 0 spiro atoms. The standard InChI is InChI=1S/C35H62O4/c1-25(2)10-13-27(4)28(5)14-15-29(6)39-34(37)35(22-8-7-9-23-35)24-38-33(36)32-20-18-31(19-21-32)30-16-11-26(3)12-17-30/h25-32H,7-24H2,1-6H3. The quantitative estimate of drug-likeness (QED) is 0.216. The number of hydrogen-bond acceptors (Lipinski definition) is 4. The Bertz CT molecular complexity index is 723. The smallest absolute Gasteiger partial charge is 0.315 e. The van der Waals surface area contributed by atoms with Gasteiger partial charge in [0.15, 0.2) is 0 Å². The Morgan fingerprint density at radius 2 is 1.26 bits per heavy atom. The van der Waals surface area contributed by atoms with Crippen LogP contribution in [0.5, 0.6) is 0 Å². The monoisotopic (exact) mass is 546 g/mol. The van der Waals surface area contributed by atoms with E-state index in [2.05, 4.69) is 34.6 Å². The third kappa shape index (κ3) is 10.1. The van der Waals surface area contributed by atoms with Crippen molar-refractivity contribution in [1.82, 2.24) is 0 Å². The molecule has 3 atom stereocenters. The van der Waals surface area contributed by atoms with Crippen molar-refractivity contribution in [2.24, 2.45) is 46.8 Å². The molecule has 0 aromatic rings. The first-order valence-corrected chi connectivity index (χ1v) is 17.0. The number of esters is 2. The molecule has 3 rings (SSSR count). The zero-order valence-corrected chi connectivity index (χ0v) is 26.5. The van der Waals surface area contributed by atoms with E-state index in [1.165, 1.54) is 38.5 Å². The van der Waals surface area contributed by atoms with Gasteiger partial charge in [-0.2, -0.15) is 0 Å². The average Bonchev–Trinajstić information content (AvgIpc) is 2.94. The van der Waals surface area contributed by atoms with Gasteiger partial charge < -0.3 is 9.47 Å². The second kappa shape index (κ2) is 15.8. The Kier molecular flexibility index (Phi) is 13.2. The molecule has 0 bridgehead atoms. The minimum atomic E-state index is -0.645. The van der Waals surface area contributed by atoms with E-state index >= 15 is 0 Å². The summed E-state index contributed by atoms with van der Waals surface area (Å²) in [4.78, 5) is 26.6. The predicted octanol–water partition coefficient (Wildman–Crippen LogP) is 9.53. The van der Waals surface area contributed by atoms with Crippen LogP contribution >= 0.6 is 0 Å². The number of ether oxygens (including phenoxy) is 2. The summed E-state index contributed by atoms with van der Waals surface area (Å²) in [6.45, 7) is 13.9. The Morgan fingerprint density at radius 3 is 1.82 bits per heavy atom. The summed E-state index contributed by atoms with van der Waals surface area (Å²) in [7, 11) is 0. The molecule has 3 fully saturated rings. The van der Waals surface area contributed by atoms with Gasteiger partial charge in [-0.25, -0.2) is 0 Å². The first kappa shape index (κ1) is 32.5. The summed E-state index contributed by atoms with van der Waals surface area (Å²) in [5, 5.41) is 0. The van der Waals surface area contributed by atoms with Crippen molar-refractivity contribution in [3.05, 3.63) is 0 Å². The van der Waals surface area contributed by atoms with E-state index in [0.29, 0.717) is 11.8 Å². The molecular formula is C35H62O4. The number of carbonyl (C=O) groups excluding carboxylic acids is 2. The van der Waals surface area contributed by atoms with Crippen LogP contribution in [0.2, 0.25) is 0 Å². The van der Waals surface area contributed by atoms with Gasteiger partial charge in [-0.3, -0.25) is 9.59 Å². The van der Waals surface area contributed by atoms with Crippen LogP contribution in [0, 0.1) is 46.8 Å². The van der Waals surface area contributed by atoms with Crippen LogP contribution in [0.4, 0.5) is 0 Å². The van der Waals surface area contributed by atoms with Gasteiger partial charge >= 0.3 is 11.9 Å². The van der Waals surface area contributed by atoms with E-state index in [-0.39, 0.29) is 30.6 Å². The molecule has 3 aliphatic carbocycles. The minimum Gasteiger partial charge on any atom is -0.464 e. The van der Waals surface area contributed by atoms with Crippen LogP contribution in [0.25, 0.3) is 0 Å². The molecule has 3 saturated carbocycles. The first-order chi connectivity index (χ1) is 18.6. The fourth-order valence-corrected chi connectivity index (χ4v) is 7.58. The van der Waals surface area contributed by atoms with Crippen molar-refractivity contribution in [3.63, 3.8) is 0 Å². The van der Waals surface area contributed by atoms with Crippen LogP contribution in [0.1, 0.15) is 151 Å². The Morgan fingerprint density at radius 1 is 0.718 bits per heavy atom. The fraction of sp³-hybridized carbons (Fsp3) is 0.943. The summed E-state index contributed by atoms with van der Waals surface area (Å²) >= 11 is 0. The van der Waals surface area contributed by atoms with E-state index in [1.54, 1.807) is 0 Å². The van der Waals surface area contributed by atoms with Crippen LogP contribution in [-0.4, -0.2) is 24.6 Å². The maximum absolute atomic E-state index is 13.5. The fourth-order valence-electron chi connectivity index (χ4n) is 7.58. The van der Waals surface area contributed by atoms with Crippen LogP contribution in [0.3, 0.4) is 0 Å². The molecular weight excluding hydrogens is 484 g/mol. The molecule has 4 nitrogen and oxygen atoms in total. The van der Waals surface area contributed by atoms with Gasteiger partial charge in [0.05, 0.1) is 12.0 Å². The highest BCUT2D eigenvalue weighted by atomic mass is 16.6. The van der Waals surface area contributed by atoms with E-state index in [9.17, 15) is 9.59 Å². The summed E-state index contributed by atoms with van der Waals surface area (Å²) in [5.41, 5.74) is -0.645. The summed E-state index contributed by atoms with van der Waals surface area (Å²) in [6, 6.07) is 0. The molecule has 226 valence electrons. The van der Waals surface area contributed by atoms with Crippen LogP contribution in [0.15, 0.2) is 0 Å². The first-order valence-electron chi connectivity index (χ1n) is 17.0. The minimum absolute atomic E-state index is 0.0125. The Balaban J connectivity index is 1.44. The summed E-state index contributed by atoms with van der Waals surface area (Å²) in [5.74, 6) is 4.45. The molecule has 4 heteroatoms. The molecule has 39 heavy (non-hydrogen) atoms. The third-order valence-electron chi connectivity index (χ3n) is 11.1. The van der Waals surface area contributed by atoms with Crippen molar-refractivity contribution in [2.45, 2.75) is 157 Å². The average molecular weight is 547 g/mol. The number of carbonyl (C=O) groups is 2. The zero-order valence-electron chi connectivity index (χ0n) is 26.5. The largest absolute Gasteiger partial charge is 0.464 e. The molecule has 0 saturated heterocycles. The van der Waals surface area contributed by atoms with E-state index in [4.69, 9.17) is 9.47 Å². The van der Waals surface area contributed by atoms with E-state index in [1.807, 2.05) is 6.92 Å². The number of rotatable bonds is 13. The maximum atomic E-state index is 13.5. The zero-order chi connectivity index (χ0) is 28.4. The molecule has 0 heterocycles. The van der Waals surface area contributed by atoms with Crippen LogP contribution in [-0.2, 0) is 19.1 Å². The van der Waals surface area contributed by atoms with Crippen molar-refractivity contribution >= 4 is 11.9 Å². The lowest BCUT2D eigenvalue weighted by Gasteiger charge is -2.37. The molecule has 0 N–H and O–H groups in total. The Labute approximate surface area is 241 Å². The predicted molar refractivity (Wildman–Crippen MR) is 160 cm³/mol. The molecule has 0 aromatic carbocycles. The molecule has 0 aromatic heterocycles. The normalized spacial score (nSPS) is 29.8. The molecule has 3 unspecified atom stereocenters. The number of hydrogen-bond donors (Lipinski definition) is 0. The van der Waals surface area contributed by atoms with Gasteiger partial charge in [0.25, 0.3) is 0 Å². The van der Waals surface area contributed by atoms with Gasteiger partial charge in [-0.1, -0.05) is 79.6 Å². The van der Waals surface area contributed by atoms with Crippen molar-refractivity contribution in [3.8, 4) is 0 Å². The maximum Gasteiger partial charge on any atom is 0.315 e. The van der Waals surface area contributed by atoms with Crippen molar-refractivity contribution < 1.29 is 19.1 Å². The SMILES string of the molecule is CC(C)CCC(C)C(C)CCC(C)OC(=O)C1(COC(=O)C2CCC(C3CCC(C)CC3)CC2)CCCCC1. The van der Waals surface area contributed by atoms with Gasteiger partial charge in [0.1, 0.15) is 12.0 Å². The van der Waals surface area contributed by atoms with Gasteiger partial charge in [0, 0.05) is 0 Å². The summed E-state index contributed by atoms with van der Waals surface area (Å²) < 4.78 is 12.0. The van der Waals surface area contributed by atoms with E-state index < -0.39 is 5.41 Å². The van der Waals surface area contributed by atoms with Crippen LogP contribution < -0.4 is 0 Å². The van der Waals surface area contributed by atoms with E-state index in [0.717, 1.165) is 94.3 Å². The highest BCUT2D eigenvalue weighted by molar-refractivity contribution is 5.78. The molecule has 0 aliphatic heterocycles. The second-order valence-corrected chi connectivity index (χ2v) is 14.8. The lowest BCUT2D eigenvalue weighted by atomic mass is 9.69. The second-order valence-electron chi connectivity index (χ2n) is 14.8. The highest BCUT2D eigenvalue weighted by Gasteiger charge is 2.44.